The third-order valence-corrected chi connectivity index (χ3v) is 6.05. The third-order valence-electron chi connectivity index (χ3n) is 3.82. The Morgan fingerprint density at radius 1 is 1.23 bits per heavy atom. The number of fused-ring (bicyclic) bond motifs is 1. The molecule has 0 bridgehead atoms. The molecule has 0 aromatic heterocycles. The molecule has 0 saturated carbocycles. The summed E-state index contributed by atoms with van der Waals surface area (Å²) in [7, 11) is 3.86. The van der Waals surface area contributed by atoms with Crippen LogP contribution in [-0.4, -0.2) is 25.7 Å². The molecule has 0 aliphatic carbocycles. The van der Waals surface area contributed by atoms with Crippen LogP contribution in [0.5, 0.6) is 5.75 Å². The Bertz CT molecular complexity index is 443. The van der Waals surface area contributed by atoms with Gasteiger partial charge in [0.15, 0.2) is 0 Å². The first-order valence-corrected chi connectivity index (χ1v) is 10.7. The van der Waals surface area contributed by atoms with Gasteiger partial charge in [0.2, 0.25) is 0 Å². The second-order valence-electron chi connectivity index (χ2n) is 5.76. The van der Waals surface area contributed by atoms with Crippen molar-refractivity contribution in [1.82, 2.24) is 5.32 Å². The molecule has 3 nitrogen and oxygen atoms in total. The number of benzene rings is 1. The van der Waals surface area contributed by atoms with Gasteiger partial charge in [0.05, 0.1) is 0 Å². The van der Waals surface area contributed by atoms with Crippen molar-refractivity contribution in [2.75, 3.05) is 19.7 Å². The number of hydrogen-bond donors (Lipinski definition) is 2. The van der Waals surface area contributed by atoms with Gasteiger partial charge in [-0.05, 0) is 29.7 Å². The molecule has 1 aromatic rings. The molecule has 0 amide bonds. The zero-order valence-electron chi connectivity index (χ0n) is 13.5. The zero-order chi connectivity index (χ0) is 15.6. The number of rotatable bonds is 10. The van der Waals surface area contributed by atoms with Crippen LogP contribution in [0, 0.1) is 0 Å². The van der Waals surface area contributed by atoms with Gasteiger partial charge in [-0.1, -0.05) is 53.8 Å². The van der Waals surface area contributed by atoms with E-state index in [0.717, 1.165) is 36.8 Å². The van der Waals surface area contributed by atoms with Crippen molar-refractivity contribution in [2.24, 2.45) is 5.73 Å². The highest BCUT2D eigenvalue weighted by Gasteiger charge is 2.10. The van der Waals surface area contributed by atoms with Gasteiger partial charge in [0, 0.05) is 30.6 Å². The average Bonchev–Trinajstić information content (AvgIpc) is 2.54. The molecule has 0 fully saturated rings. The quantitative estimate of drug-likeness (QED) is 0.499. The van der Waals surface area contributed by atoms with E-state index in [1.54, 1.807) is 0 Å². The Kier molecular flexibility index (Phi) is 8.52. The maximum atomic E-state index is 6.08. The van der Waals surface area contributed by atoms with Crippen LogP contribution in [0.2, 0.25) is 0 Å². The summed E-state index contributed by atoms with van der Waals surface area (Å²) in [5, 5.41) is 3.39. The summed E-state index contributed by atoms with van der Waals surface area (Å²) in [5.74, 6) is 3.18. The molecule has 1 heterocycles. The highest BCUT2D eigenvalue weighted by molar-refractivity contribution is 8.76. The molecule has 3 N–H and O–H groups in total. The van der Waals surface area contributed by atoms with E-state index in [0.29, 0.717) is 6.61 Å². The largest absolute Gasteiger partial charge is 0.492 e. The van der Waals surface area contributed by atoms with Crippen LogP contribution in [-0.2, 0) is 11.5 Å². The Labute approximate surface area is 142 Å². The van der Waals surface area contributed by atoms with Crippen LogP contribution in [0.1, 0.15) is 43.7 Å². The van der Waals surface area contributed by atoms with Gasteiger partial charge >= 0.3 is 0 Å². The minimum atomic E-state index is 0.268. The fourth-order valence-corrected chi connectivity index (χ4v) is 4.70. The van der Waals surface area contributed by atoms with Crippen LogP contribution in [0.25, 0.3) is 0 Å². The SMILES string of the molecule is CCCCC[C@@H](N)CNCCOc1ccc2c(c1)CSSC2. The monoisotopic (exact) mass is 340 g/mol. The highest BCUT2D eigenvalue weighted by Crippen LogP contribution is 2.38. The first kappa shape index (κ1) is 18.0. The fourth-order valence-electron chi connectivity index (χ4n) is 2.46. The van der Waals surface area contributed by atoms with Crippen LogP contribution < -0.4 is 15.8 Å². The van der Waals surface area contributed by atoms with Crippen molar-refractivity contribution in [3.63, 3.8) is 0 Å². The van der Waals surface area contributed by atoms with E-state index >= 15 is 0 Å². The summed E-state index contributed by atoms with van der Waals surface area (Å²) < 4.78 is 5.83. The maximum Gasteiger partial charge on any atom is 0.119 e. The van der Waals surface area contributed by atoms with Crippen LogP contribution >= 0.6 is 21.6 Å². The molecule has 0 saturated heterocycles. The molecule has 1 aliphatic heterocycles. The maximum absolute atomic E-state index is 6.08. The molecular weight excluding hydrogens is 312 g/mol. The summed E-state index contributed by atoms with van der Waals surface area (Å²) in [5.41, 5.74) is 8.95. The molecule has 1 aliphatic rings. The molecular formula is C17H28N2OS2. The summed E-state index contributed by atoms with van der Waals surface area (Å²) in [6.45, 7) is 4.65. The van der Waals surface area contributed by atoms with E-state index in [9.17, 15) is 0 Å². The first-order chi connectivity index (χ1) is 10.8. The molecule has 0 radical (unpaired) electrons. The predicted molar refractivity (Wildman–Crippen MR) is 99.5 cm³/mol. The lowest BCUT2D eigenvalue weighted by Crippen LogP contribution is -2.35. The lowest BCUT2D eigenvalue weighted by molar-refractivity contribution is 0.311. The normalized spacial score (nSPS) is 15.4. The van der Waals surface area contributed by atoms with Crippen molar-refractivity contribution in [1.29, 1.82) is 0 Å². The van der Waals surface area contributed by atoms with Gasteiger partial charge in [-0.25, -0.2) is 0 Å². The average molecular weight is 341 g/mol. The number of unbranched alkanes of at least 4 members (excludes halogenated alkanes) is 2. The second-order valence-corrected chi connectivity index (χ2v) is 8.23. The molecule has 5 heteroatoms. The van der Waals surface area contributed by atoms with E-state index in [2.05, 4.69) is 30.4 Å². The van der Waals surface area contributed by atoms with Crippen molar-refractivity contribution in [3.05, 3.63) is 29.3 Å². The standard InChI is InChI=1S/C17H28N2OS2/c1-2-3-4-5-16(18)11-19-8-9-20-17-7-6-14-12-21-22-13-15(14)10-17/h6-7,10,16,19H,2-5,8-9,11-13,18H2,1H3/t16-/m1/s1. The lowest BCUT2D eigenvalue weighted by atomic mass is 10.1. The summed E-state index contributed by atoms with van der Waals surface area (Å²) in [6.07, 6.45) is 4.89. The van der Waals surface area contributed by atoms with E-state index in [4.69, 9.17) is 10.5 Å². The molecule has 0 unspecified atom stereocenters. The van der Waals surface area contributed by atoms with Gasteiger partial charge in [-0.3, -0.25) is 0 Å². The Balaban J connectivity index is 1.59. The van der Waals surface area contributed by atoms with Gasteiger partial charge < -0.3 is 15.8 Å². The van der Waals surface area contributed by atoms with Gasteiger partial charge in [-0.15, -0.1) is 0 Å². The Hall–Kier alpha value is -0.360. The predicted octanol–water partition coefficient (Wildman–Crippen LogP) is 3.96. The van der Waals surface area contributed by atoms with Crippen LogP contribution in [0.3, 0.4) is 0 Å². The minimum absolute atomic E-state index is 0.268. The molecule has 22 heavy (non-hydrogen) atoms. The number of nitrogens with two attached hydrogens (primary N) is 1. The topological polar surface area (TPSA) is 47.3 Å². The molecule has 1 aromatic carbocycles. The van der Waals surface area contributed by atoms with E-state index in [1.807, 2.05) is 21.6 Å². The highest BCUT2D eigenvalue weighted by atomic mass is 33.1. The van der Waals surface area contributed by atoms with E-state index < -0.39 is 0 Å². The zero-order valence-corrected chi connectivity index (χ0v) is 15.1. The second kappa shape index (κ2) is 10.4. The molecule has 1 atom stereocenters. The lowest BCUT2D eigenvalue weighted by Gasteiger charge is -2.16. The molecule has 2 rings (SSSR count). The number of hydrogen-bond acceptors (Lipinski definition) is 5. The molecule has 0 spiro atoms. The van der Waals surface area contributed by atoms with E-state index in [1.165, 1.54) is 30.4 Å². The first-order valence-electron chi connectivity index (χ1n) is 8.25. The molecule has 124 valence electrons. The smallest absolute Gasteiger partial charge is 0.119 e. The summed E-state index contributed by atoms with van der Waals surface area (Å²) in [6, 6.07) is 6.75. The van der Waals surface area contributed by atoms with Gasteiger partial charge in [0.25, 0.3) is 0 Å². The number of nitrogens with one attached hydrogen (secondary N) is 1. The van der Waals surface area contributed by atoms with Crippen LogP contribution in [0.4, 0.5) is 0 Å². The van der Waals surface area contributed by atoms with E-state index in [-0.39, 0.29) is 6.04 Å². The summed E-state index contributed by atoms with van der Waals surface area (Å²) in [4.78, 5) is 0. The van der Waals surface area contributed by atoms with Crippen molar-refractivity contribution >= 4 is 21.6 Å². The van der Waals surface area contributed by atoms with Crippen molar-refractivity contribution in [3.8, 4) is 5.75 Å². The Morgan fingerprint density at radius 3 is 2.86 bits per heavy atom. The van der Waals surface area contributed by atoms with Gasteiger partial charge in [-0.2, -0.15) is 0 Å². The minimum Gasteiger partial charge on any atom is -0.492 e. The summed E-state index contributed by atoms with van der Waals surface area (Å²) >= 11 is 0. The van der Waals surface area contributed by atoms with Crippen LogP contribution in [0.15, 0.2) is 18.2 Å². The Morgan fingerprint density at radius 2 is 2.05 bits per heavy atom. The van der Waals surface area contributed by atoms with Crippen molar-refractivity contribution in [2.45, 2.75) is 50.2 Å². The fraction of sp³-hybridized carbons (Fsp3) is 0.647. The van der Waals surface area contributed by atoms with Crippen molar-refractivity contribution < 1.29 is 4.74 Å². The van der Waals surface area contributed by atoms with Gasteiger partial charge in [0.1, 0.15) is 12.4 Å². The number of ether oxygens (including phenoxy) is 1. The third kappa shape index (κ3) is 6.41.